The van der Waals surface area contributed by atoms with Gasteiger partial charge in [0.05, 0.1) is 0 Å². The van der Waals surface area contributed by atoms with Gasteiger partial charge in [-0.3, -0.25) is 0 Å². The third-order valence-corrected chi connectivity index (χ3v) is 7.18. The minimum Gasteiger partial charge on any atom is -0.448 e. The van der Waals surface area contributed by atoms with Crippen molar-refractivity contribution < 1.29 is 19.1 Å². The van der Waals surface area contributed by atoms with E-state index in [0.29, 0.717) is 32.8 Å². The fraction of sp³-hybridized carbons (Fsp3) is 0.926. The monoisotopic (exact) mass is 528 g/mol. The van der Waals surface area contributed by atoms with E-state index in [1.54, 1.807) is 4.90 Å². The maximum atomic E-state index is 12.8. The predicted octanol–water partition coefficient (Wildman–Crippen LogP) is 2.35. The molecule has 0 radical (unpaired) electrons. The third kappa shape index (κ3) is 14.2. The van der Waals surface area contributed by atoms with Gasteiger partial charge in [-0.05, 0) is 72.4 Å². The number of hydrogen-bond acceptors (Lipinski definition) is 8. The van der Waals surface area contributed by atoms with Crippen LogP contribution >= 0.6 is 0 Å². The summed E-state index contributed by atoms with van der Waals surface area (Å²) >= 11 is 0. The van der Waals surface area contributed by atoms with Crippen LogP contribution in [0.1, 0.15) is 40.0 Å². The molecule has 10 heteroatoms. The number of rotatable bonds is 15. The number of carbonyl (C=O) groups is 2. The quantitative estimate of drug-likeness (QED) is 0.347. The molecule has 37 heavy (non-hydrogen) atoms. The molecule has 1 aliphatic carbocycles. The van der Waals surface area contributed by atoms with E-state index < -0.39 is 0 Å². The highest BCUT2D eigenvalue weighted by molar-refractivity contribution is 5.68. The van der Waals surface area contributed by atoms with Crippen molar-refractivity contribution in [3.63, 3.8) is 0 Å². The molecule has 0 aliphatic heterocycles. The van der Waals surface area contributed by atoms with Crippen LogP contribution in [0, 0.1) is 10.8 Å². The van der Waals surface area contributed by atoms with Gasteiger partial charge in [0, 0.05) is 58.9 Å². The highest BCUT2D eigenvalue weighted by Gasteiger charge is 2.43. The van der Waals surface area contributed by atoms with Gasteiger partial charge >= 0.3 is 12.2 Å². The number of amides is 2. The molecule has 1 saturated carbocycles. The molecule has 2 amide bonds. The number of ether oxygens (including phenoxy) is 2. The van der Waals surface area contributed by atoms with Crippen molar-refractivity contribution in [1.29, 1.82) is 0 Å². The lowest BCUT2D eigenvalue weighted by atomic mass is 9.62. The van der Waals surface area contributed by atoms with Crippen molar-refractivity contribution in [3.05, 3.63) is 0 Å². The Morgan fingerprint density at radius 2 is 1.27 bits per heavy atom. The zero-order chi connectivity index (χ0) is 28.2. The summed E-state index contributed by atoms with van der Waals surface area (Å²) in [6, 6.07) is 0.0517. The van der Waals surface area contributed by atoms with Crippen LogP contribution in [0.5, 0.6) is 0 Å². The van der Waals surface area contributed by atoms with Crippen LogP contribution in [0.2, 0.25) is 0 Å². The van der Waals surface area contributed by atoms with Gasteiger partial charge in [0.2, 0.25) is 0 Å². The molecule has 2 unspecified atom stereocenters. The van der Waals surface area contributed by atoms with Gasteiger partial charge < -0.3 is 39.3 Å². The first-order valence-electron chi connectivity index (χ1n) is 13.6. The molecule has 2 atom stereocenters. The molecular formula is C27H56N6O4. The largest absolute Gasteiger partial charge is 0.448 e. The number of hydrogen-bond donors (Lipinski definition) is 1. The minimum atomic E-state index is -0.381. The van der Waals surface area contributed by atoms with E-state index in [1.807, 2.05) is 49.3 Å². The molecule has 0 aromatic heterocycles. The molecule has 0 spiro atoms. The van der Waals surface area contributed by atoms with Gasteiger partial charge in [0.15, 0.2) is 0 Å². The van der Waals surface area contributed by atoms with Gasteiger partial charge in [0.25, 0.3) is 0 Å². The van der Waals surface area contributed by atoms with Crippen molar-refractivity contribution in [2.75, 3.05) is 108 Å². The Balaban J connectivity index is 2.51. The van der Waals surface area contributed by atoms with Crippen molar-refractivity contribution in [2.24, 2.45) is 10.8 Å². The maximum Gasteiger partial charge on any atom is 0.409 e. The fourth-order valence-electron chi connectivity index (χ4n) is 5.12. The molecule has 0 bridgehead atoms. The highest BCUT2D eigenvalue weighted by Crippen LogP contribution is 2.47. The van der Waals surface area contributed by atoms with E-state index in [-0.39, 0.29) is 29.1 Å². The molecule has 0 aromatic carbocycles. The number of likely N-dealkylation sites (N-methyl/N-ethyl adjacent to an activating group) is 4. The summed E-state index contributed by atoms with van der Waals surface area (Å²) in [6.07, 6.45) is 2.01. The van der Waals surface area contributed by atoms with Crippen LogP contribution in [0.25, 0.3) is 0 Å². The average molecular weight is 529 g/mol. The molecule has 218 valence electrons. The zero-order valence-electron chi connectivity index (χ0n) is 25.4. The lowest BCUT2D eigenvalue weighted by Gasteiger charge is -2.48. The Bertz CT molecular complexity index is 690. The molecule has 1 fully saturated rings. The number of nitrogens with one attached hydrogen (secondary N) is 1. The molecule has 1 rings (SSSR count). The summed E-state index contributed by atoms with van der Waals surface area (Å²) in [5.74, 6) is 0. The highest BCUT2D eigenvalue weighted by atomic mass is 16.6. The topological polar surface area (TPSA) is 80.8 Å². The first-order chi connectivity index (χ1) is 17.1. The van der Waals surface area contributed by atoms with Gasteiger partial charge in [-0.15, -0.1) is 0 Å². The van der Waals surface area contributed by atoms with E-state index in [4.69, 9.17) is 9.47 Å². The Morgan fingerprint density at radius 3 is 1.78 bits per heavy atom. The lowest BCUT2D eigenvalue weighted by molar-refractivity contribution is 0.0176. The second-order valence-electron chi connectivity index (χ2n) is 12.6. The van der Waals surface area contributed by atoms with Crippen LogP contribution < -0.4 is 5.32 Å². The Hall–Kier alpha value is -1.62. The molecule has 0 heterocycles. The molecule has 0 saturated heterocycles. The first-order valence-corrected chi connectivity index (χ1v) is 13.6. The first kappa shape index (κ1) is 33.4. The van der Waals surface area contributed by atoms with Gasteiger partial charge in [-0.25, -0.2) is 9.59 Å². The van der Waals surface area contributed by atoms with E-state index in [9.17, 15) is 9.59 Å². The second kappa shape index (κ2) is 15.7. The van der Waals surface area contributed by atoms with E-state index in [1.165, 1.54) is 0 Å². The van der Waals surface area contributed by atoms with Crippen LogP contribution in [-0.4, -0.2) is 151 Å². The van der Waals surface area contributed by atoms with Crippen molar-refractivity contribution in [2.45, 2.75) is 46.1 Å². The third-order valence-electron chi connectivity index (χ3n) is 7.18. The molecule has 1 aliphatic rings. The van der Waals surface area contributed by atoms with Crippen LogP contribution in [0.3, 0.4) is 0 Å². The SMILES string of the molecule is CN(C)CCN(C)CCOC(=O)NCC1(C)CC(N(C)C(=O)OCCN(C)CCN(C)C)CC(C)(C)C1. The average Bonchev–Trinajstić information content (AvgIpc) is 2.78. The summed E-state index contributed by atoms with van der Waals surface area (Å²) in [6.45, 7) is 13.1. The van der Waals surface area contributed by atoms with E-state index in [0.717, 1.165) is 45.4 Å². The molecule has 10 nitrogen and oxygen atoms in total. The Labute approximate surface area is 226 Å². The smallest absolute Gasteiger partial charge is 0.409 e. The number of carbonyl (C=O) groups excluding carboxylic acids is 2. The van der Waals surface area contributed by atoms with Crippen LogP contribution in [0.4, 0.5) is 9.59 Å². The maximum absolute atomic E-state index is 12.8. The van der Waals surface area contributed by atoms with Gasteiger partial charge in [0.1, 0.15) is 13.2 Å². The predicted molar refractivity (Wildman–Crippen MR) is 150 cm³/mol. The van der Waals surface area contributed by atoms with Gasteiger partial charge in [-0.1, -0.05) is 20.8 Å². The summed E-state index contributed by atoms with van der Waals surface area (Å²) in [7, 11) is 14.1. The summed E-state index contributed by atoms with van der Waals surface area (Å²) < 4.78 is 11.0. The minimum absolute atomic E-state index is 0.0410. The Kier molecular flexibility index (Phi) is 14.2. The fourth-order valence-corrected chi connectivity index (χ4v) is 5.12. The van der Waals surface area contributed by atoms with Crippen molar-refractivity contribution in [1.82, 2.24) is 29.8 Å². The van der Waals surface area contributed by atoms with Crippen LogP contribution in [0.15, 0.2) is 0 Å². The molecular weight excluding hydrogens is 472 g/mol. The number of alkyl carbamates (subject to hydrolysis) is 1. The van der Waals surface area contributed by atoms with Gasteiger partial charge in [-0.2, -0.15) is 0 Å². The summed E-state index contributed by atoms with van der Waals surface area (Å²) in [5.41, 5.74) is -0.103. The number of nitrogens with zero attached hydrogens (tertiary/aromatic N) is 5. The van der Waals surface area contributed by atoms with Crippen molar-refractivity contribution >= 4 is 12.2 Å². The standard InChI is InChI=1S/C27H56N6O4/c1-26(2)19-23(33(10)25(35)37-18-16-32(9)14-12-30(6)7)20-27(3,21-26)22-28-24(34)36-17-15-31(8)13-11-29(4)5/h23H,11-22H2,1-10H3,(H,28,34). The van der Waals surface area contributed by atoms with Crippen molar-refractivity contribution in [3.8, 4) is 0 Å². The van der Waals surface area contributed by atoms with E-state index >= 15 is 0 Å². The zero-order valence-corrected chi connectivity index (χ0v) is 25.4. The normalized spacial score (nSPS) is 21.5. The second-order valence-corrected chi connectivity index (χ2v) is 12.6. The Morgan fingerprint density at radius 1 is 0.757 bits per heavy atom. The summed E-state index contributed by atoms with van der Waals surface area (Å²) in [4.78, 5) is 35.5. The summed E-state index contributed by atoms with van der Waals surface area (Å²) in [5, 5.41) is 2.98. The van der Waals surface area contributed by atoms with Crippen LogP contribution in [-0.2, 0) is 9.47 Å². The lowest BCUT2D eigenvalue weighted by Crippen LogP contribution is -2.51. The molecule has 0 aromatic rings. The molecule has 1 N–H and O–H groups in total. The van der Waals surface area contributed by atoms with E-state index in [2.05, 4.69) is 45.7 Å².